The summed E-state index contributed by atoms with van der Waals surface area (Å²) in [7, 11) is -3.86. The number of rotatable bonds is 7. The molecule has 0 aromatic heterocycles. The van der Waals surface area contributed by atoms with Crippen LogP contribution in [0.15, 0.2) is 30.3 Å². The van der Waals surface area contributed by atoms with E-state index in [1.807, 2.05) is 0 Å². The minimum Gasteiger partial charge on any atom is -0.346 e. The molecule has 0 amide bonds. The van der Waals surface area contributed by atoms with E-state index in [1.54, 1.807) is 30.3 Å². The molecule has 0 aliphatic carbocycles. The minimum absolute atomic E-state index is 0.00287. The Morgan fingerprint density at radius 1 is 1.26 bits per heavy atom. The van der Waals surface area contributed by atoms with Gasteiger partial charge in [0.2, 0.25) is 5.92 Å². The second-order valence-corrected chi connectivity index (χ2v) is 5.90. The van der Waals surface area contributed by atoms with E-state index in [-0.39, 0.29) is 6.61 Å². The number of halogens is 2. The lowest BCUT2D eigenvalue weighted by Gasteiger charge is -2.20. The fourth-order valence-corrected chi connectivity index (χ4v) is 1.89. The van der Waals surface area contributed by atoms with Crippen LogP contribution in [-0.4, -0.2) is 26.9 Å². The van der Waals surface area contributed by atoms with E-state index in [0.29, 0.717) is 6.92 Å². The fourth-order valence-electron chi connectivity index (χ4n) is 1.37. The Morgan fingerprint density at radius 2 is 1.84 bits per heavy atom. The van der Waals surface area contributed by atoms with Crippen molar-refractivity contribution in [2.45, 2.75) is 32.2 Å². The molecule has 1 aromatic carbocycles. The number of ether oxygens (including phenoxy) is 1. The van der Waals surface area contributed by atoms with Gasteiger partial charge in [0.1, 0.15) is 0 Å². The summed E-state index contributed by atoms with van der Waals surface area (Å²) in [6, 6.07) is 8.80. The maximum Gasteiger partial charge on any atom is 0.266 e. The van der Waals surface area contributed by atoms with E-state index in [0.717, 1.165) is 11.8 Å². The Morgan fingerprint density at radius 3 is 2.32 bits per heavy atom. The Labute approximate surface area is 111 Å². The van der Waals surface area contributed by atoms with Crippen LogP contribution < -0.4 is 0 Å². The van der Waals surface area contributed by atoms with Gasteiger partial charge in [0.15, 0.2) is 6.29 Å². The van der Waals surface area contributed by atoms with Gasteiger partial charge < -0.3 is 4.74 Å². The van der Waals surface area contributed by atoms with E-state index in [9.17, 15) is 17.2 Å². The van der Waals surface area contributed by atoms with Gasteiger partial charge in [-0.3, -0.25) is 0 Å². The van der Waals surface area contributed by atoms with Gasteiger partial charge in [-0.15, -0.1) is 0 Å². The van der Waals surface area contributed by atoms with Crippen LogP contribution in [0.5, 0.6) is 0 Å². The number of benzene rings is 1. The summed E-state index contributed by atoms with van der Waals surface area (Å²) in [4.78, 5) is 0. The van der Waals surface area contributed by atoms with Crippen molar-refractivity contribution in [3.05, 3.63) is 35.9 Å². The second kappa shape index (κ2) is 6.40. The molecule has 0 fully saturated rings. The van der Waals surface area contributed by atoms with Crippen molar-refractivity contribution >= 4 is 10.1 Å². The van der Waals surface area contributed by atoms with Crippen molar-refractivity contribution < 1.29 is 26.1 Å². The predicted octanol–water partition coefficient (Wildman–Crippen LogP) is 2.55. The smallest absolute Gasteiger partial charge is 0.266 e. The molecule has 0 saturated carbocycles. The molecular formula is C12H16F2O4S. The molecule has 0 saturated heterocycles. The molecule has 1 unspecified atom stereocenters. The Balaban J connectivity index is 2.64. The molecule has 4 nitrogen and oxygen atoms in total. The summed E-state index contributed by atoms with van der Waals surface area (Å²) < 4.78 is 57.4. The molecule has 0 heterocycles. The van der Waals surface area contributed by atoms with Crippen LogP contribution in [0.25, 0.3) is 0 Å². The molecule has 0 bridgehead atoms. The maximum absolute atomic E-state index is 12.9. The van der Waals surface area contributed by atoms with Crippen molar-refractivity contribution in [2.75, 3.05) is 6.26 Å². The Bertz CT molecular complexity index is 482. The van der Waals surface area contributed by atoms with E-state index >= 15 is 0 Å². The quantitative estimate of drug-likeness (QED) is 0.573. The zero-order chi connectivity index (χ0) is 14.5. The highest BCUT2D eigenvalue weighted by Gasteiger charge is 2.30. The van der Waals surface area contributed by atoms with Gasteiger partial charge in [-0.2, -0.15) is 8.42 Å². The normalized spacial score (nSPS) is 14.3. The highest BCUT2D eigenvalue weighted by molar-refractivity contribution is 7.86. The number of hydrogen-bond donors (Lipinski definition) is 0. The van der Waals surface area contributed by atoms with Crippen molar-refractivity contribution in [3.63, 3.8) is 0 Å². The highest BCUT2D eigenvalue weighted by atomic mass is 32.2. The van der Waals surface area contributed by atoms with E-state index < -0.39 is 28.8 Å². The van der Waals surface area contributed by atoms with Gasteiger partial charge >= 0.3 is 0 Å². The predicted molar refractivity (Wildman–Crippen MR) is 66.2 cm³/mol. The third-order valence-electron chi connectivity index (χ3n) is 2.09. The van der Waals surface area contributed by atoms with Gasteiger partial charge in [0, 0.05) is 0 Å². The lowest BCUT2D eigenvalue weighted by atomic mass is 10.2. The summed E-state index contributed by atoms with van der Waals surface area (Å²) in [6.07, 6.45) is -1.54. The summed E-state index contributed by atoms with van der Waals surface area (Å²) in [6.45, 7) is 0.675. The van der Waals surface area contributed by atoms with Crippen LogP contribution in [0.1, 0.15) is 18.9 Å². The number of hydrogen-bond acceptors (Lipinski definition) is 4. The standard InChI is InChI=1S/C12H16F2O4S/c1-12(13,14)8-11(18-19(2,15)16)17-9-10-6-4-3-5-7-10/h3-7,11H,8-9H2,1-2H3. The topological polar surface area (TPSA) is 52.6 Å². The van der Waals surface area contributed by atoms with Crippen LogP contribution in [-0.2, 0) is 25.6 Å². The zero-order valence-electron chi connectivity index (χ0n) is 10.7. The van der Waals surface area contributed by atoms with Crippen molar-refractivity contribution in [2.24, 2.45) is 0 Å². The molecule has 108 valence electrons. The molecule has 1 rings (SSSR count). The molecule has 0 spiro atoms. The molecule has 0 aliphatic heterocycles. The minimum atomic E-state index is -3.86. The molecule has 0 aliphatic rings. The van der Waals surface area contributed by atoms with E-state index in [1.165, 1.54) is 0 Å². The first kappa shape index (κ1) is 16.0. The van der Waals surface area contributed by atoms with Crippen LogP contribution in [0.3, 0.4) is 0 Å². The summed E-state index contributed by atoms with van der Waals surface area (Å²) in [5.41, 5.74) is 0.740. The molecule has 0 N–H and O–H groups in total. The van der Waals surface area contributed by atoms with Gasteiger partial charge in [0.05, 0.1) is 19.3 Å². The maximum atomic E-state index is 12.9. The second-order valence-electron chi connectivity index (χ2n) is 4.30. The monoisotopic (exact) mass is 294 g/mol. The molecule has 19 heavy (non-hydrogen) atoms. The van der Waals surface area contributed by atoms with E-state index in [4.69, 9.17) is 4.74 Å². The molecule has 0 radical (unpaired) electrons. The van der Waals surface area contributed by atoms with Gasteiger partial charge in [-0.1, -0.05) is 30.3 Å². The largest absolute Gasteiger partial charge is 0.346 e. The lowest BCUT2D eigenvalue weighted by molar-refractivity contribution is -0.136. The first-order valence-corrected chi connectivity index (χ1v) is 7.39. The SMILES string of the molecule is CC(F)(F)CC(OCc1ccccc1)OS(C)(=O)=O. The first-order chi connectivity index (χ1) is 8.66. The van der Waals surface area contributed by atoms with Crippen LogP contribution in [0, 0.1) is 0 Å². The third kappa shape index (κ3) is 7.86. The van der Waals surface area contributed by atoms with Crippen molar-refractivity contribution in [1.29, 1.82) is 0 Å². The lowest BCUT2D eigenvalue weighted by Crippen LogP contribution is -2.28. The number of alkyl halides is 2. The summed E-state index contributed by atoms with van der Waals surface area (Å²) in [5, 5.41) is 0. The summed E-state index contributed by atoms with van der Waals surface area (Å²) in [5.74, 6) is -3.08. The summed E-state index contributed by atoms with van der Waals surface area (Å²) >= 11 is 0. The highest BCUT2D eigenvalue weighted by Crippen LogP contribution is 2.23. The fraction of sp³-hybridized carbons (Fsp3) is 0.500. The molecule has 1 aromatic rings. The Kier molecular flexibility index (Phi) is 5.39. The molecule has 7 heteroatoms. The van der Waals surface area contributed by atoms with Crippen LogP contribution in [0.4, 0.5) is 8.78 Å². The van der Waals surface area contributed by atoms with Crippen LogP contribution in [0.2, 0.25) is 0 Å². The van der Waals surface area contributed by atoms with Crippen molar-refractivity contribution in [1.82, 2.24) is 0 Å². The van der Waals surface area contributed by atoms with E-state index in [2.05, 4.69) is 4.18 Å². The van der Waals surface area contributed by atoms with Gasteiger partial charge in [-0.25, -0.2) is 13.0 Å². The van der Waals surface area contributed by atoms with Gasteiger partial charge in [0.25, 0.3) is 10.1 Å². The Hall–Kier alpha value is -1.05. The van der Waals surface area contributed by atoms with Crippen molar-refractivity contribution in [3.8, 4) is 0 Å². The zero-order valence-corrected chi connectivity index (χ0v) is 11.5. The third-order valence-corrected chi connectivity index (χ3v) is 2.65. The van der Waals surface area contributed by atoms with Gasteiger partial charge in [-0.05, 0) is 12.5 Å². The molecule has 1 atom stereocenters. The van der Waals surface area contributed by atoms with Crippen LogP contribution >= 0.6 is 0 Å². The average Bonchev–Trinajstić information content (AvgIpc) is 2.23. The average molecular weight is 294 g/mol. The molecular weight excluding hydrogens is 278 g/mol. The first-order valence-electron chi connectivity index (χ1n) is 5.57.